The lowest BCUT2D eigenvalue weighted by Gasteiger charge is -2.31. The van der Waals surface area contributed by atoms with Crippen molar-refractivity contribution in [3.63, 3.8) is 0 Å². The number of aliphatic carboxylic acids is 1. The Hall–Kier alpha value is -7.33. The summed E-state index contributed by atoms with van der Waals surface area (Å²) in [6.45, 7) is -1.19. The van der Waals surface area contributed by atoms with Crippen LogP contribution in [0.25, 0.3) is 22.3 Å². The molecule has 1 fully saturated rings. The molecule has 0 unspecified atom stereocenters. The second-order valence-corrected chi connectivity index (χ2v) is 13.8. The van der Waals surface area contributed by atoms with Crippen LogP contribution >= 0.6 is 0 Å². The second-order valence-electron chi connectivity index (χ2n) is 13.8. The third-order valence-electron chi connectivity index (χ3n) is 10.2. The van der Waals surface area contributed by atoms with Crippen molar-refractivity contribution < 1.29 is 38.5 Å². The highest BCUT2D eigenvalue weighted by Gasteiger charge is 2.39. The Morgan fingerprint density at radius 3 is 2.12 bits per heavy atom. The van der Waals surface area contributed by atoms with Crippen LogP contribution in [0, 0.1) is 0 Å². The van der Waals surface area contributed by atoms with Crippen LogP contribution in [0.2, 0.25) is 0 Å². The average molecular weight is 784 g/mol. The summed E-state index contributed by atoms with van der Waals surface area (Å²) in [6, 6.07) is 32.4. The number of aromatic amines is 1. The number of hydrogen-bond acceptors (Lipinski definition) is 10. The van der Waals surface area contributed by atoms with Gasteiger partial charge in [0, 0.05) is 5.92 Å². The van der Waals surface area contributed by atoms with E-state index in [9.17, 15) is 29.1 Å². The van der Waals surface area contributed by atoms with Crippen molar-refractivity contribution in [1.82, 2.24) is 29.7 Å². The molecule has 3 amide bonds. The Morgan fingerprint density at radius 2 is 1.48 bits per heavy atom. The number of nitrogens with one attached hydrogen (secondary N) is 3. The Kier molecular flexibility index (Phi) is 10.6. The fourth-order valence-corrected chi connectivity index (χ4v) is 7.50. The van der Waals surface area contributed by atoms with Gasteiger partial charge >= 0.3 is 18.2 Å². The number of anilines is 1. The summed E-state index contributed by atoms with van der Waals surface area (Å²) in [4.78, 5) is 77.3. The molecule has 16 nitrogen and oxygen atoms in total. The molecule has 4 aromatic carbocycles. The van der Waals surface area contributed by atoms with E-state index < -0.39 is 60.9 Å². The zero-order chi connectivity index (χ0) is 40.2. The van der Waals surface area contributed by atoms with Crippen LogP contribution in [0.5, 0.6) is 0 Å². The average Bonchev–Trinajstić information content (AvgIpc) is 3.95. The molecule has 8 rings (SSSR count). The van der Waals surface area contributed by atoms with Crippen LogP contribution in [0.3, 0.4) is 0 Å². The maximum atomic E-state index is 13.9. The first kappa shape index (κ1) is 37.6. The number of nitrogens with zero attached hydrogens (tertiary/aromatic N) is 4. The highest BCUT2D eigenvalue weighted by Crippen LogP contribution is 2.44. The van der Waals surface area contributed by atoms with Gasteiger partial charge in [-0.15, -0.1) is 0 Å². The van der Waals surface area contributed by atoms with Crippen LogP contribution in [-0.4, -0.2) is 92.0 Å². The summed E-state index contributed by atoms with van der Waals surface area (Å²) in [6.07, 6.45) is -1.22. The summed E-state index contributed by atoms with van der Waals surface area (Å²) < 4.78 is 18.4. The number of alkyl carbamates (subject to hydrolysis) is 1. The second kappa shape index (κ2) is 16.4. The van der Waals surface area contributed by atoms with E-state index in [0.717, 1.165) is 27.2 Å². The molecule has 4 N–H and O–H groups in total. The number of carbonyl (C=O) groups excluding carboxylic acids is 3. The molecule has 2 atom stereocenters. The number of amides is 3. The summed E-state index contributed by atoms with van der Waals surface area (Å²) >= 11 is 0. The standard InChI is InChI=1S/C42H37N7O9/c50-34(19-48-24-43-36-38(48)45-40(46-39(36)53)47-42(55)58-37(25-11-3-1-4-12-25)26-13-5-2-6-14-26)49(20-35(51)52)33-23-56-22-32(33)44-41(54)57-21-31-29-17-9-7-15-27(29)28-16-8-10-18-30(28)31/h1-18,24,31-33,37H,19-23H2,(H,44,54)(H,51,52)(H2,45,46,47,53,55)/t32-,33-/m1/s1. The number of fused-ring (bicyclic) bond motifs is 4. The molecule has 0 bridgehead atoms. The van der Waals surface area contributed by atoms with Gasteiger partial charge in [0.25, 0.3) is 5.56 Å². The number of hydrogen-bond donors (Lipinski definition) is 4. The lowest BCUT2D eigenvalue weighted by molar-refractivity contribution is -0.146. The largest absolute Gasteiger partial charge is 0.480 e. The molecule has 58 heavy (non-hydrogen) atoms. The van der Waals surface area contributed by atoms with Crippen LogP contribution < -0.4 is 16.2 Å². The number of carboxylic acids is 1. The number of aromatic nitrogens is 4. The minimum absolute atomic E-state index is 0.00370. The van der Waals surface area contributed by atoms with Gasteiger partial charge in [-0.2, -0.15) is 4.98 Å². The van der Waals surface area contributed by atoms with E-state index in [4.69, 9.17) is 14.2 Å². The smallest absolute Gasteiger partial charge is 0.414 e. The van der Waals surface area contributed by atoms with Gasteiger partial charge in [-0.1, -0.05) is 109 Å². The Labute approximate surface area is 330 Å². The SMILES string of the molecule is O=C(O)CN(C(=O)Cn1cnc2c(=O)[nH]c(NC(=O)OC(c3ccccc3)c3ccccc3)nc21)[C@@H]1COC[C@H]1NC(=O)OCC1c2ccccc2-c2ccccc21. The number of carbonyl (C=O) groups is 4. The fourth-order valence-electron chi connectivity index (χ4n) is 7.50. The number of H-pyrrole nitrogens is 1. The predicted molar refractivity (Wildman–Crippen MR) is 209 cm³/mol. The molecular weight excluding hydrogens is 747 g/mol. The van der Waals surface area contributed by atoms with Gasteiger partial charge in [0.05, 0.1) is 31.6 Å². The van der Waals surface area contributed by atoms with E-state index in [0.29, 0.717) is 11.1 Å². The monoisotopic (exact) mass is 783 g/mol. The number of rotatable bonds is 12. The molecule has 3 heterocycles. The van der Waals surface area contributed by atoms with E-state index in [2.05, 4.69) is 25.6 Å². The summed E-state index contributed by atoms with van der Waals surface area (Å²) in [7, 11) is 0. The molecule has 0 radical (unpaired) electrons. The Bertz CT molecular complexity index is 2460. The van der Waals surface area contributed by atoms with Crippen LogP contribution in [-0.2, 0) is 30.3 Å². The normalized spacial score (nSPS) is 15.7. The fraction of sp³-hybridized carbons (Fsp3) is 0.214. The van der Waals surface area contributed by atoms with Crippen molar-refractivity contribution in [1.29, 1.82) is 0 Å². The van der Waals surface area contributed by atoms with Crippen molar-refractivity contribution in [2.75, 3.05) is 31.7 Å². The van der Waals surface area contributed by atoms with Crippen molar-refractivity contribution in [2.45, 2.75) is 30.7 Å². The van der Waals surface area contributed by atoms with Crippen molar-refractivity contribution in [2.24, 2.45) is 0 Å². The summed E-state index contributed by atoms with van der Waals surface area (Å²) in [5.74, 6) is -2.41. The molecule has 6 aromatic rings. The van der Waals surface area contributed by atoms with Gasteiger partial charge in [0.2, 0.25) is 11.9 Å². The van der Waals surface area contributed by atoms with Gasteiger partial charge in [-0.3, -0.25) is 24.7 Å². The topological polar surface area (TPSA) is 207 Å². The summed E-state index contributed by atoms with van der Waals surface area (Å²) in [5.41, 5.74) is 4.80. The quantitative estimate of drug-likeness (QED) is 0.134. The van der Waals surface area contributed by atoms with Gasteiger partial charge in [-0.25, -0.2) is 14.6 Å². The summed E-state index contributed by atoms with van der Waals surface area (Å²) in [5, 5.41) is 15.0. The number of imidazole rings is 1. The maximum absolute atomic E-state index is 13.9. The molecule has 294 valence electrons. The van der Waals surface area contributed by atoms with Crippen LogP contribution in [0.4, 0.5) is 15.5 Å². The molecule has 2 aromatic heterocycles. The molecule has 0 saturated carbocycles. The van der Waals surface area contributed by atoms with E-state index in [1.165, 1.54) is 10.9 Å². The van der Waals surface area contributed by atoms with E-state index in [1.54, 1.807) is 0 Å². The number of carboxylic acid groups (broad SMARTS) is 1. The van der Waals surface area contributed by atoms with Gasteiger partial charge in [0.15, 0.2) is 17.3 Å². The Balaban J connectivity index is 0.949. The molecule has 1 aliphatic heterocycles. The predicted octanol–water partition coefficient (Wildman–Crippen LogP) is 4.68. The molecule has 1 aliphatic carbocycles. The van der Waals surface area contributed by atoms with Crippen molar-refractivity contribution in [3.05, 3.63) is 148 Å². The number of benzene rings is 4. The van der Waals surface area contributed by atoms with E-state index in [-0.39, 0.29) is 42.9 Å². The first-order valence-corrected chi connectivity index (χ1v) is 18.5. The van der Waals surface area contributed by atoms with Gasteiger partial charge in [0.1, 0.15) is 19.7 Å². The first-order valence-electron chi connectivity index (χ1n) is 18.5. The minimum Gasteiger partial charge on any atom is -0.480 e. The zero-order valence-corrected chi connectivity index (χ0v) is 30.8. The van der Waals surface area contributed by atoms with E-state index >= 15 is 0 Å². The van der Waals surface area contributed by atoms with E-state index in [1.807, 2.05) is 109 Å². The van der Waals surface area contributed by atoms with Crippen molar-refractivity contribution in [3.8, 4) is 11.1 Å². The molecule has 2 aliphatic rings. The maximum Gasteiger partial charge on any atom is 0.414 e. The van der Waals surface area contributed by atoms with Gasteiger partial charge < -0.3 is 34.1 Å². The van der Waals surface area contributed by atoms with Crippen molar-refractivity contribution >= 4 is 41.2 Å². The third kappa shape index (κ3) is 7.85. The molecular formula is C42H37N7O9. The highest BCUT2D eigenvalue weighted by molar-refractivity contribution is 5.85. The third-order valence-corrected chi connectivity index (χ3v) is 10.2. The molecule has 0 spiro atoms. The van der Waals surface area contributed by atoms with Crippen LogP contribution in [0.1, 0.15) is 34.3 Å². The lowest BCUT2D eigenvalue weighted by atomic mass is 9.98. The highest BCUT2D eigenvalue weighted by atomic mass is 16.6. The zero-order valence-electron chi connectivity index (χ0n) is 30.8. The number of ether oxygens (including phenoxy) is 3. The van der Waals surface area contributed by atoms with Gasteiger partial charge in [-0.05, 0) is 33.4 Å². The Morgan fingerprint density at radius 1 is 0.862 bits per heavy atom. The lowest BCUT2D eigenvalue weighted by Crippen LogP contribution is -2.55. The first-order chi connectivity index (χ1) is 28.2. The molecule has 1 saturated heterocycles. The molecule has 16 heteroatoms. The minimum atomic E-state index is -1.29. The van der Waals surface area contributed by atoms with Crippen LogP contribution in [0.15, 0.2) is 120 Å².